The molecule has 1 aliphatic heterocycles. The van der Waals surface area contributed by atoms with Crippen LogP contribution < -0.4 is 0 Å². The Balaban J connectivity index is 1.96. The lowest BCUT2D eigenvalue weighted by Gasteiger charge is -2.20. The van der Waals surface area contributed by atoms with E-state index in [0.29, 0.717) is 0 Å². The van der Waals surface area contributed by atoms with Gasteiger partial charge in [0.25, 0.3) is 0 Å². The average Bonchev–Trinajstić information content (AvgIpc) is 2.74. The number of hydrogen-bond donors (Lipinski definition) is 0. The van der Waals surface area contributed by atoms with E-state index in [-0.39, 0.29) is 6.10 Å². The molecular formula is C13H14O2. The molecule has 1 unspecified atom stereocenters. The van der Waals surface area contributed by atoms with Gasteiger partial charge in [-0.3, -0.25) is 0 Å². The fraction of sp³-hybridized carbons (Fsp3) is 0.385. The Kier molecular flexibility index (Phi) is 2.22. The number of rotatable bonds is 1. The van der Waals surface area contributed by atoms with Crippen LogP contribution in [-0.2, 0) is 4.74 Å². The van der Waals surface area contributed by atoms with E-state index in [1.54, 1.807) is 0 Å². The zero-order chi connectivity index (χ0) is 10.1. The van der Waals surface area contributed by atoms with Crippen molar-refractivity contribution in [3.63, 3.8) is 0 Å². The van der Waals surface area contributed by atoms with Crippen LogP contribution >= 0.6 is 0 Å². The molecule has 2 heteroatoms. The lowest BCUT2D eigenvalue weighted by Crippen LogP contribution is -2.10. The van der Waals surface area contributed by atoms with Crippen molar-refractivity contribution in [2.45, 2.75) is 25.4 Å². The Morgan fingerprint density at radius 1 is 1.13 bits per heavy atom. The van der Waals surface area contributed by atoms with Crippen molar-refractivity contribution in [3.8, 4) is 0 Å². The molecule has 3 rings (SSSR count). The molecule has 0 aliphatic carbocycles. The summed E-state index contributed by atoms with van der Waals surface area (Å²) < 4.78 is 11.5. The van der Waals surface area contributed by atoms with E-state index >= 15 is 0 Å². The summed E-state index contributed by atoms with van der Waals surface area (Å²) in [6, 6.07) is 10.2. The standard InChI is InChI=1S/C13H14O2/c1-2-6-11-10(5-1)9-13(15-11)12-7-3-4-8-14-12/h1-2,5-6,9,12H,3-4,7-8H2. The molecule has 78 valence electrons. The summed E-state index contributed by atoms with van der Waals surface area (Å²) in [5, 5.41) is 1.17. The predicted octanol–water partition coefficient (Wildman–Crippen LogP) is 3.67. The largest absolute Gasteiger partial charge is 0.458 e. The van der Waals surface area contributed by atoms with E-state index in [1.807, 2.05) is 18.2 Å². The first-order valence-corrected chi connectivity index (χ1v) is 5.53. The van der Waals surface area contributed by atoms with Crippen molar-refractivity contribution in [2.75, 3.05) is 6.61 Å². The van der Waals surface area contributed by atoms with E-state index in [4.69, 9.17) is 9.15 Å². The summed E-state index contributed by atoms with van der Waals surface area (Å²) in [4.78, 5) is 0. The zero-order valence-corrected chi connectivity index (χ0v) is 8.61. The van der Waals surface area contributed by atoms with E-state index in [2.05, 4.69) is 12.1 Å². The Morgan fingerprint density at radius 3 is 2.87 bits per heavy atom. The highest BCUT2D eigenvalue weighted by Gasteiger charge is 2.19. The van der Waals surface area contributed by atoms with Crippen LogP contribution in [0.15, 0.2) is 34.7 Å². The maximum atomic E-state index is 5.78. The Hall–Kier alpha value is -1.28. The van der Waals surface area contributed by atoms with Gasteiger partial charge in [0.15, 0.2) is 0 Å². The first-order valence-electron chi connectivity index (χ1n) is 5.53. The van der Waals surface area contributed by atoms with Gasteiger partial charge in [-0.1, -0.05) is 18.2 Å². The van der Waals surface area contributed by atoms with Gasteiger partial charge >= 0.3 is 0 Å². The first kappa shape index (κ1) is 8.98. The van der Waals surface area contributed by atoms with Gasteiger partial charge in [0.05, 0.1) is 0 Å². The number of fused-ring (bicyclic) bond motifs is 1. The van der Waals surface area contributed by atoms with Crippen LogP contribution in [0.25, 0.3) is 11.0 Å². The molecule has 2 nitrogen and oxygen atoms in total. The quantitative estimate of drug-likeness (QED) is 0.703. The summed E-state index contributed by atoms with van der Waals surface area (Å²) in [5.41, 5.74) is 0.960. The van der Waals surface area contributed by atoms with Crippen LogP contribution in [0.4, 0.5) is 0 Å². The minimum Gasteiger partial charge on any atom is -0.458 e. The topological polar surface area (TPSA) is 22.4 Å². The second-order valence-electron chi connectivity index (χ2n) is 4.04. The molecule has 1 atom stereocenters. The van der Waals surface area contributed by atoms with E-state index in [0.717, 1.165) is 24.4 Å². The maximum absolute atomic E-state index is 5.78. The summed E-state index contributed by atoms with van der Waals surface area (Å²) in [6.07, 6.45) is 3.67. The predicted molar refractivity (Wildman–Crippen MR) is 58.8 cm³/mol. The Labute approximate surface area is 88.8 Å². The first-order chi connectivity index (χ1) is 7.43. The van der Waals surface area contributed by atoms with Crippen molar-refractivity contribution in [2.24, 2.45) is 0 Å². The van der Waals surface area contributed by atoms with Crippen LogP contribution in [0.1, 0.15) is 31.1 Å². The second kappa shape index (κ2) is 3.70. The van der Waals surface area contributed by atoms with Gasteiger partial charge in [0.1, 0.15) is 17.4 Å². The van der Waals surface area contributed by atoms with Crippen LogP contribution in [0.2, 0.25) is 0 Å². The van der Waals surface area contributed by atoms with Crippen molar-refractivity contribution >= 4 is 11.0 Å². The van der Waals surface area contributed by atoms with Gasteiger partial charge in [-0.25, -0.2) is 0 Å². The van der Waals surface area contributed by atoms with Crippen molar-refractivity contribution in [3.05, 3.63) is 36.1 Å². The molecule has 0 N–H and O–H groups in total. The molecule has 1 aliphatic rings. The molecule has 2 heterocycles. The molecule has 2 aromatic rings. The molecule has 0 bridgehead atoms. The Bertz CT molecular complexity index is 419. The lowest BCUT2D eigenvalue weighted by atomic mass is 10.1. The molecular weight excluding hydrogens is 188 g/mol. The molecule has 1 aromatic heterocycles. The molecule has 0 radical (unpaired) electrons. The number of furan rings is 1. The third-order valence-corrected chi connectivity index (χ3v) is 2.94. The smallest absolute Gasteiger partial charge is 0.134 e. The molecule has 1 saturated heterocycles. The van der Waals surface area contributed by atoms with Crippen molar-refractivity contribution in [1.82, 2.24) is 0 Å². The third-order valence-electron chi connectivity index (χ3n) is 2.94. The van der Waals surface area contributed by atoms with Crippen LogP contribution in [-0.4, -0.2) is 6.61 Å². The molecule has 0 saturated carbocycles. The van der Waals surface area contributed by atoms with Crippen molar-refractivity contribution < 1.29 is 9.15 Å². The number of ether oxygens (including phenoxy) is 1. The fourth-order valence-corrected chi connectivity index (χ4v) is 2.13. The minimum absolute atomic E-state index is 0.172. The number of para-hydroxylation sites is 1. The average molecular weight is 202 g/mol. The van der Waals surface area contributed by atoms with Crippen LogP contribution in [0.5, 0.6) is 0 Å². The van der Waals surface area contributed by atoms with Gasteiger partial charge in [0, 0.05) is 12.0 Å². The second-order valence-corrected chi connectivity index (χ2v) is 4.04. The highest BCUT2D eigenvalue weighted by Crippen LogP contribution is 2.31. The van der Waals surface area contributed by atoms with E-state index < -0.39 is 0 Å². The van der Waals surface area contributed by atoms with Gasteiger partial charge in [0.2, 0.25) is 0 Å². The third kappa shape index (κ3) is 1.65. The Morgan fingerprint density at radius 2 is 2.07 bits per heavy atom. The van der Waals surface area contributed by atoms with Gasteiger partial charge < -0.3 is 9.15 Å². The van der Waals surface area contributed by atoms with E-state index in [9.17, 15) is 0 Å². The van der Waals surface area contributed by atoms with Crippen LogP contribution in [0, 0.1) is 0 Å². The summed E-state index contributed by atoms with van der Waals surface area (Å²) in [7, 11) is 0. The van der Waals surface area contributed by atoms with Crippen LogP contribution in [0.3, 0.4) is 0 Å². The molecule has 15 heavy (non-hydrogen) atoms. The minimum atomic E-state index is 0.172. The summed E-state index contributed by atoms with van der Waals surface area (Å²) in [6.45, 7) is 0.863. The normalized spacial score (nSPS) is 22.0. The molecule has 0 amide bonds. The molecule has 0 spiro atoms. The number of benzene rings is 1. The fourth-order valence-electron chi connectivity index (χ4n) is 2.13. The SMILES string of the molecule is c1ccc2oc(C3CCCCO3)cc2c1. The number of hydrogen-bond acceptors (Lipinski definition) is 2. The monoisotopic (exact) mass is 202 g/mol. The lowest BCUT2D eigenvalue weighted by molar-refractivity contribution is 0.00274. The van der Waals surface area contributed by atoms with E-state index in [1.165, 1.54) is 18.2 Å². The molecule has 1 aromatic carbocycles. The zero-order valence-electron chi connectivity index (χ0n) is 8.61. The maximum Gasteiger partial charge on any atom is 0.134 e. The molecule has 1 fully saturated rings. The highest BCUT2D eigenvalue weighted by molar-refractivity contribution is 5.77. The summed E-state index contributed by atoms with van der Waals surface area (Å²) >= 11 is 0. The van der Waals surface area contributed by atoms with Crippen molar-refractivity contribution in [1.29, 1.82) is 0 Å². The van der Waals surface area contributed by atoms with Gasteiger partial charge in [-0.2, -0.15) is 0 Å². The highest BCUT2D eigenvalue weighted by atomic mass is 16.5. The summed E-state index contributed by atoms with van der Waals surface area (Å²) in [5.74, 6) is 0.982. The van der Waals surface area contributed by atoms with Gasteiger partial charge in [-0.15, -0.1) is 0 Å². The van der Waals surface area contributed by atoms with Gasteiger partial charge in [-0.05, 0) is 31.4 Å².